The molecule has 0 aliphatic carbocycles. The lowest BCUT2D eigenvalue weighted by Crippen LogP contribution is -2.34. The molecule has 2 aromatic rings. The minimum absolute atomic E-state index is 0.624. The van der Waals surface area contributed by atoms with Crippen LogP contribution in [0.2, 0.25) is 10.0 Å². The molecular weight excluding hydrogens is 329 g/mol. The Hall–Kier alpha value is -1.03. The van der Waals surface area contributed by atoms with Crippen molar-refractivity contribution in [3.8, 4) is 0 Å². The monoisotopic (exact) mass is 351 g/mol. The van der Waals surface area contributed by atoms with E-state index < -0.39 is 0 Å². The molecule has 1 aromatic heterocycles. The second-order valence-corrected chi connectivity index (χ2v) is 7.39. The van der Waals surface area contributed by atoms with Gasteiger partial charge in [0, 0.05) is 18.8 Å². The summed E-state index contributed by atoms with van der Waals surface area (Å²) in [6, 6.07) is 8.08. The average Bonchev–Trinajstić information content (AvgIpc) is 2.83. The Morgan fingerprint density at radius 1 is 1.09 bits per heavy atom. The summed E-state index contributed by atoms with van der Waals surface area (Å²) in [5.74, 6) is 0.720. The first-order valence-corrected chi connectivity index (χ1v) is 8.94. The maximum Gasteiger partial charge on any atom is 0.0596 e. The van der Waals surface area contributed by atoms with E-state index >= 15 is 0 Å². The third-order valence-electron chi connectivity index (χ3n) is 4.63. The van der Waals surface area contributed by atoms with E-state index in [0.717, 1.165) is 37.8 Å². The molecule has 0 saturated carbocycles. The highest BCUT2D eigenvalue weighted by Crippen LogP contribution is 2.25. The zero-order chi connectivity index (χ0) is 16.4. The maximum absolute atomic E-state index is 6.10. The molecule has 124 valence electrons. The summed E-state index contributed by atoms with van der Waals surface area (Å²) in [5.41, 5.74) is 3.61. The summed E-state index contributed by atoms with van der Waals surface area (Å²) < 4.78 is 2.16. The highest BCUT2D eigenvalue weighted by molar-refractivity contribution is 6.42. The molecule has 23 heavy (non-hydrogen) atoms. The minimum Gasteiger partial charge on any atom is -0.299 e. The zero-order valence-electron chi connectivity index (χ0n) is 13.7. The lowest BCUT2D eigenvalue weighted by atomic mass is 9.96. The molecular formula is C18H23Cl2N3. The lowest BCUT2D eigenvalue weighted by Gasteiger charge is -2.32. The summed E-state index contributed by atoms with van der Waals surface area (Å²) >= 11 is 12.1. The normalized spacial score (nSPS) is 16.9. The molecule has 1 aliphatic rings. The molecule has 0 N–H and O–H groups in total. The predicted molar refractivity (Wildman–Crippen MR) is 96.2 cm³/mol. The van der Waals surface area contributed by atoms with Crippen LogP contribution in [0.15, 0.2) is 24.3 Å². The van der Waals surface area contributed by atoms with Crippen molar-refractivity contribution in [2.24, 2.45) is 5.92 Å². The second-order valence-electron chi connectivity index (χ2n) is 6.58. The number of nitrogens with zero attached hydrogens (tertiary/aromatic N) is 3. The van der Waals surface area contributed by atoms with Crippen LogP contribution in [0.3, 0.4) is 0 Å². The first-order chi connectivity index (χ1) is 11.0. The number of benzene rings is 1. The topological polar surface area (TPSA) is 21.1 Å². The van der Waals surface area contributed by atoms with Gasteiger partial charge in [-0.15, -0.1) is 0 Å². The van der Waals surface area contributed by atoms with Crippen molar-refractivity contribution in [1.82, 2.24) is 14.7 Å². The number of halogens is 2. The van der Waals surface area contributed by atoms with E-state index in [1.54, 1.807) is 0 Å². The fourth-order valence-corrected chi connectivity index (χ4v) is 3.65. The van der Waals surface area contributed by atoms with E-state index in [1.807, 2.05) is 12.1 Å². The number of aryl methyl sites for hydroxylation is 2. The van der Waals surface area contributed by atoms with Crippen molar-refractivity contribution in [1.29, 1.82) is 0 Å². The predicted octanol–water partition coefficient (Wildman–Crippen LogP) is 4.72. The summed E-state index contributed by atoms with van der Waals surface area (Å²) in [5, 5.41) is 5.85. The molecule has 1 saturated heterocycles. The minimum atomic E-state index is 0.624. The van der Waals surface area contributed by atoms with Crippen LogP contribution in [-0.2, 0) is 13.1 Å². The Morgan fingerprint density at radius 3 is 2.43 bits per heavy atom. The van der Waals surface area contributed by atoms with Gasteiger partial charge in [0.05, 0.1) is 15.7 Å². The Bertz CT molecular complexity index is 673. The van der Waals surface area contributed by atoms with Crippen LogP contribution in [0.4, 0.5) is 0 Å². The first kappa shape index (κ1) is 16.8. The van der Waals surface area contributed by atoms with Crippen LogP contribution in [-0.4, -0.2) is 27.8 Å². The first-order valence-electron chi connectivity index (χ1n) is 8.18. The number of rotatable bonds is 4. The molecule has 0 atom stereocenters. The van der Waals surface area contributed by atoms with Gasteiger partial charge >= 0.3 is 0 Å². The molecule has 0 bridgehead atoms. The number of hydrogen-bond acceptors (Lipinski definition) is 2. The van der Waals surface area contributed by atoms with Crippen LogP contribution in [0.5, 0.6) is 0 Å². The molecule has 0 spiro atoms. The molecule has 3 nitrogen and oxygen atoms in total. The molecule has 1 aromatic carbocycles. The fraction of sp³-hybridized carbons (Fsp3) is 0.500. The van der Waals surface area contributed by atoms with E-state index in [9.17, 15) is 0 Å². The largest absolute Gasteiger partial charge is 0.299 e. The number of likely N-dealkylation sites (tertiary alicyclic amines) is 1. The molecule has 3 rings (SSSR count). The second kappa shape index (κ2) is 7.25. The van der Waals surface area contributed by atoms with Gasteiger partial charge in [-0.05, 0) is 69.5 Å². The van der Waals surface area contributed by atoms with Gasteiger partial charge in [0.15, 0.2) is 0 Å². The molecule has 0 amide bonds. The third-order valence-corrected chi connectivity index (χ3v) is 5.37. The van der Waals surface area contributed by atoms with Crippen molar-refractivity contribution >= 4 is 23.2 Å². The van der Waals surface area contributed by atoms with Gasteiger partial charge in [-0.2, -0.15) is 5.10 Å². The fourth-order valence-electron chi connectivity index (χ4n) is 3.33. The number of aromatic nitrogens is 2. The van der Waals surface area contributed by atoms with Crippen LogP contribution in [0, 0.1) is 19.8 Å². The van der Waals surface area contributed by atoms with Gasteiger partial charge in [0.2, 0.25) is 0 Å². The summed E-state index contributed by atoms with van der Waals surface area (Å²) in [7, 11) is 0. The smallest absolute Gasteiger partial charge is 0.0596 e. The van der Waals surface area contributed by atoms with Gasteiger partial charge in [0.25, 0.3) is 0 Å². The van der Waals surface area contributed by atoms with Crippen LogP contribution < -0.4 is 0 Å². The highest BCUT2D eigenvalue weighted by Gasteiger charge is 2.20. The molecule has 5 heteroatoms. The maximum atomic E-state index is 6.10. The Morgan fingerprint density at radius 2 is 1.83 bits per heavy atom. The Kier molecular flexibility index (Phi) is 5.30. The van der Waals surface area contributed by atoms with E-state index in [0.29, 0.717) is 10.0 Å². The van der Waals surface area contributed by atoms with Gasteiger partial charge in [-0.3, -0.25) is 9.58 Å². The zero-order valence-corrected chi connectivity index (χ0v) is 15.2. The molecule has 1 aliphatic heterocycles. The average molecular weight is 352 g/mol. The third kappa shape index (κ3) is 4.28. The molecule has 1 fully saturated rings. The van der Waals surface area contributed by atoms with E-state index in [1.165, 1.54) is 24.1 Å². The van der Waals surface area contributed by atoms with Gasteiger partial charge in [-0.25, -0.2) is 0 Å². The molecule has 0 radical (unpaired) electrons. The summed E-state index contributed by atoms with van der Waals surface area (Å²) in [4.78, 5) is 2.50. The van der Waals surface area contributed by atoms with Crippen LogP contribution in [0.1, 0.15) is 29.8 Å². The van der Waals surface area contributed by atoms with Crippen molar-refractivity contribution in [3.05, 3.63) is 51.3 Å². The Labute approximate surface area is 148 Å². The summed E-state index contributed by atoms with van der Waals surface area (Å²) in [6.45, 7) is 8.45. The number of piperidine rings is 1. The SMILES string of the molecule is Cc1cc(C)n(CC2CCN(Cc3ccc(Cl)c(Cl)c3)CC2)n1. The van der Waals surface area contributed by atoms with Gasteiger partial charge in [0.1, 0.15) is 0 Å². The number of hydrogen-bond donors (Lipinski definition) is 0. The van der Waals surface area contributed by atoms with Crippen molar-refractivity contribution < 1.29 is 0 Å². The van der Waals surface area contributed by atoms with Crippen molar-refractivity contribution in [2.75, 3.05) is 13.1 Å². The standard InChI is InChI=1S/C18H23Cl2N3/c1-13-9-14(2)23(21-13)12-15-5-7-22(8-6-15)11-16-3-4-17(19)18(20)10-16/h3-4,9-10,15H,5-8,11-12H2,1-2H3. The van der Waals surface area contributed by atoms with Crippen LogP contribution in [0.25, 0.3) is 0 Å². The Balaban J connectivity index is 1.52. The van der Waals surface area contributed by atoms with Gasteiger partial charge < -0.3 is 0 Å². The van der Waals surface area contributed by atoms with Crippen LogP contribution >= 0.6 is 23.2 Å². The molecule has 2 heterocycles. The lowest BCUT2D eigenvalue weighted by molar-refractivity contribution is 0.164. The van der Waals surface area contributed by atoms with Crippen molar-refractivity contribution in [3.63, 3.8) is 0 Å². The summed E-state index contributed by atoms with van der Waals surface area (Å²) in [6.07, 6.45) is 2.44. The van der Waals surface area contributed by atoms with E-state index in [-0.39, 0.29) is 0 Å². The van der Waals surface area contributed by atoms with E-state index in [4.69, 9.17) is 23.2 Å². The van der Waals surface area contributed by atoms with E-state index in [2.05, 4.69) is 40.7 Å². The quantitative estimate of drug-likeness (QED) is 0.794. The van der Waals surface area contributed by atoms with Crippen molar-refractivity contribution in [2.45, 2.75) is 39.8 Å². The molecule has 0 unspecified atom stereocenters. The van der Waals surface area contributed by atoms with Gasteiger partial charge in [-0.1, -0.05) is 29.3 Å². The highest BCUT2D eigenvalue weighted by atomic mass is 35.5.